The van der Waals surface area contributed by atoms with Crippen LogP contribution in [0.4, 0.5) is 15.8 Å². The van der Waals surface area contributed by atoms with E-state index in [0.29, 0.717) is 27.0 Å². The van der Waals surface area contributed by atoms with Gasteiger partial charge in [-0.15, -0.1) is 11.3 Å². The van der Waals surface area contributed by atoms with Crippen LogP contribution in [0.1, 0.15) is 10.4 Å². The average molecular weight is 478 g/mol. The second-order valence-electron chi connectivity index (χ2n) is 7.17. The highest BCUT2D eigenvalue weighted by atomic mass is 35.5. The van der Waals surface area contributed by atoms with Crippen LogP contribution in [-0.4, -0.2) is 16.7 Å². The molecule has 3 aromatic carbocycles. The van der Waals surface area contributed by atoms with Crippen LogP contribution in [-0.2, 0) is 4.79 Å². The normalized spacial score (nSPS) is 14.8. The van der Waals surface area contributed by atoms with Gasteiger partial charge < -0.3 is 0 Å². The number of hydrogen-bond donors (Lipinski definition) is 0. The number of aliphatic imine (C=N–C) groups is 1. The van der Waals surface area contributed by atoms with Gasteiger partial charge in [0.1, 0.15) is 11.5 Å². The van der Waals surface area contributed by atoms with Crippen LogP contribution in [0.2, 0.25) is 5.02 Å². The second-order valence-corrected chi connectivity index (χ2v) is 8.60. The molecule has 162 valence electrons. The molecule has 0 saturated carbocycles. The highest BCUT2D eigenvalue weighted by Crippen LogP contribution is 2.39. The Labute approximate surface area is 196 Å². The van der Waals surface area contributed by atoms with Gasteiger partial charge in [-0.3, -0.25) is 19.8 Å². The maximum atomic E-state index is 13.5. The molecule has 2 heterocycles. The summed E-state index contributed by atoms with van der Waals surface area (Å²) < 4.78 is 14.5. The molecule has 1 aliphatic heterocycles. The Hall–Kier alpha value is -3.88. The van der Waals surface area contributed by atoms with Crippen molar-refractivity contribution in [2.24, 2.45) is 4.99 Å². The Bertz CT molecular complexity index is 1480. The molecule has 0 N–H and O–H groups in total. The first-order valence-electron chi connectivity index (χ1n) is 9.74. The van der Waals surface area contributed by atoms with Crippen LogP contribution in [0.3, 0.4) is 0 Å². The number of nitro groups is 1. The molecule has 0 spiro atoms. The second kappa shape index (κ2) is 8.23. The SMILES string of the molecule is O=C1/C(=C\c2ccc([N+](=O)[O-])cc2)N=C(c2sc3ccccc3c2Cl)N1c1ccc(F)cc1. The van der Waals surface area contributed by atoms with E-state index in [-0.39, 0.29) is 11.4 Å². The molecule has 33 heavy (non-hydrogen) atoms. The molecule has 0 unspecified atom stereocenters. The average Bonchev–Trinajstić information content (AvgIpc) is 3.32. The third-order valence-electron chi connectivity index (χ3n) is 5.09. The zero-order valence-electron chi connectivity index (χ0n) is 16.7. The van der Waals surface area contributed by atoms with Crippen LogP contribution >= 0.6 is 22.9 Å². The molecular weight excluding hydrogens is 465 g/mol. The van der Waals surface area contributed by atoms with Gasteiger partial charge in [0.2, 0.25) is 0 Å². The van der Waals surface area contributed by atoms with Gasteiger partial charge >= 0.3 is 0 Å². The first-order chi connectivity index (χ1) is 15.9. The number of thiophene rings is 1. The number of non-ortho nitro benzene ring substituents is 1. The van der Waals surface area contributed by atoms with Crippen molar-refractivity contribution in [3.05, 3.63) is 110 Å². The molecule has 5 rings (SSSR count). The van der Waals surface area contributed by atoms with Crippen LogP contribution in [0.25, 0.3) is 16.2 Å². The molecule has 0 bridgehead atoms. The molecular formula is C24H13ClFN3O3S. The fourth-order valence-corrected chi connectivity index (χ4v) is 5.00. The number of carbonyl (C=O) groups is 1. The quantitative estimate of drug-likeness (QED) is 0.193. The summed E-state index contributed by atoms with van der Waals surface area (Å²) in [6.45, 7) is 0. The van der Waals surface area contributed by atoms with Gasteiger partial charge in [-0.1, -0.05) is 29.8 Å². The van der Waals surface area contributed by atoms with Crippen molar-refractivity contribution in [3.8, 4) is 0 Å². The van der Waals surface area contributed by atoms with E-state index in [0.717, 1.165) is 10.1 Å². The van der Waals surface area contributed by atoms with E-state index in [1.54, 1.807) is 18.2 Å². The molecule has 4 aromatic rings. The number of amides is 1. The number of carbonyl (C=O) groups excluding carboxylic acids is 1. The fourth-order valence-electron chi connectivity index (χ4n) is 3.51. The van der Waals surface area contributed by atoms with E-state index >= 15 is 0 Å². The molecule has 0 fully saturated rings. The first kappa shape index (κ1) is 21.0. The largest absolute Gasteiger partial charge is 0.282 e. The minimum Gasteiger partial charge on any atom is -0.266 e. The number of rotatable bonds is 4. The van der Waals surface area contributed by atoms with Gasteiger partial charge in [0, 0.05) is 22.2 Å². The molecule has 1 aromatic heterocycles. The molecule has 0 saturated heterocycles. The molecule has 1 aliphatic rings. The Kier molecular flexibility index (Phi) is 5.24. The summed E-state index contributed by atoms with van der Waals surface area (Å²) in [5.74, 6) is -0.500. The molecule has 0 atom stereocenters. The number of nitro benzene ring substituents is 1. The van der Waals surface area contributed by atoms with Gasteiger partial charge in [-0.05, 0) is 54.1 Å². The van der Waals surface area contributed by atoms with Crippen molar-refractivity contribution in [1.29, 1.82) is 0 Å². The van der Waals surface area contributed by atoms with E-state index < -0.39 is 16.6 Å². The number of nitrogens with zero attached hydrogens (tertiary/aromatic N) is 3. The number of benzene rings is 3. The third kappa shape index (κ3) is 3.79. The summed E-state index contributed by atoms with van der Waals surface area (Å²) in [4.78, 5) is 30.4. The Morgan fingerprint density at radius 3 is 2.39 bits per heavy atom. The van der Waals surface area contributed by atoms with Crippen LogP contribution in [0, 0.1) is 15.9 Å². The highest BCUT2D eigenvalue weighted by Gasteiger charge is 2.35. The van der Waals surface area contributed by atoms with Crippen molar-refractivity contribution in [2.75, 3.05) is 4.90 Å². The number of hydrogen-bond acceptors (Lipinski definition) is 5. The maximum absolute atomic E-state index is 13.5. The number of fused-ring (bicyclic) bond motifs is 1. The fraction of sp³-hybridized carbons (Fsp3) is 0. The van der Waals surface area contributed by atoms with E-state index in [9.17, 15) is 19.3 Å². The lowest BCUT2D eigenvalue weighted by Gasteiger charge is -2.17. The van der Waals surface area contributed by atoms with E-state index in [2.05, 4.69) is 4.99 Å². The third-order valence-corrected chi connectivity index (χ3v) is 6.76. The zero-order chi connectivity index (χ0) is 23.1. The van der Waals surface area contributed by atoms with E-state index in [1.807, 2.05) is 24.3 Å². The minimum absolute atomic E-state index is 0.0518. The summed E-state index contributed by atoms with van der Waals surface area (Å²) in [5.41, 5.74) is 1.11. The van der Waals surface area contributed by atoms with Crippen molar-refractivity contribution < 1.29 is 14.1 Å². The topological polar surface area (TPSA) is 75.8 Å². The Morgan fingerprint density at radius 2 is 1.73 bits per heavy atom. The van der Waals surface area contributed by atoms with Gasteiger partial charge in [0.15, 0.2) is 5.84 Å². The van der Waals surface area contributed by atoms with Crippen LogP contribution < -0.4 is 4.90 Å². The lowest BCUT2D eigenvalue weighted by molar-refractivity contribution is -0.384. The van der Waals surface area contributed by atoms with Crippen LogP contribution in [0.15, 0.2) is 83.5 Å². The van der Waals surface area contributed by atoms with Crippen molar-refractivity contribution in [3.63, 3.8) is 0 Å². The minimum atomic E-state index is -0.492. The number of halogens is 2. The molecule has 0 aliphatic carbocycles. The van der Waals surface area contributed by atoms with Crippen molar-refractivity contribution >= 4 is 62.2 Å². The van der Waals surface area contributed by atoms with Gasteiger partial charge in [-0.2, -0.15) is 0 Å². The van der Waals surface area contributed by atoms with Crippen molar-refractivity contribution in [1.82, 2.24) is 0 Å². The smallest absolute Gasteiger partial charge is 0.266 e. The standard InChI is InChI=1S/C24H13ClFN3O3S/c25-21-18-3-1-2-4-20(18)33-22(21)23-27-19(13-14-5-9-17(10-6-14)29(31)32)24(30)28(23)16-11-7-15(26)8-12-16/h1-13H/b19-13+. The summed E-state index contributed by atoms with van der Waals surface area (Å²) >= 11 is 8.07. The van der Waals surface area contributed by atoms with Gasteiger partial charge in [0.05, 0.1) is 20.5 Å². The molecule has 0 radical (unpaired) electrons. The number of anilines is 1. The van der Waals surface area contributed by atoms with Gasteiger partial charge in [-0.25, -0.2) is 9.38 Å². The van der Waals surface area contributed by atoms with Crippen LogP contribution in [0.5, 0.6) is 0 Å². The maximum Gasteiger partial charge on any atom is 0.282 e. The van der Waals surface area contributed by atoms with Crippen molar-refractivity contribution in [2.45, 2.75) is 0 Å². The van der Waals surface area contributed by atoms with Gasteiger partial charge in [0.25, 0.3) is 11.6 Å². The Morgan fingerprint density at radius 1 is 1.03 bits per heavy atom. The summed E-state index contributed by atoms with van der Waals surface area (Å²) in [5, 5.41) is 12.2. The van der Waals surface area contributed by atoms with E-state index in [4.69, 9.17) is 11.6 Å². The summed E-state index contributed by atoms with van der Waals surface area (Å²) in [6.07, 6.45) is 1.55. The first-order valence-corrected chi connectivity index (χ1v) is 10.9. The summed E-state index contributed by atoms with van der Waals surface area (Å²) in [7, 11) is 0. The molecule has 9 heteroatoms. The highest BCUT2D eigenvalue weighted by molar-refractivity contribution is 7.21. The lowest BCUT2D eigenvalue weighted by atomic mass is 10.1. The predicted octanol–water partition coefficient (Wildman–Crippen LogP) is 6.44. The molecule has 6 nitrogen and oxygen atoms in total. The van der Waals surface area contributed by atoms with E-state index in [1.165, 1.54) is 52.6 Å². The molecule has 1 amide bonds. The summed E-state index contributed by atoms with van der Waals surface area (Å²) in [6, 6.07) is 18.9. The number of amidine groups is 1. The monoisotopic (exact) mass is 477 g/mol. The zero-order valence-corrected chi connectivity index (χ0v) is 18.3. The Balaban J connectivity index is 1.64. The predicted molar refractivity (Wildman–Crippen MR) is 128 cm³/mol. The lowest BCUT2D eigenvalue weighted by Crippen LogP contribution is -2.32.